The maximum Gasteiger partial charge on any atom is 0.243 e. The number of amides is 1. The van der Waals surface area contributed by atoms with Crippen LogP contribution >= 0.6 is 0 Å². The van der Waals surface area contributed by atoms with Crippen LogP contribution in [-0.2, 0) is 14.8 Å². The van der Waals surface area contributed by atoms with Crippen LogP contribution in [0, 0.1) is 12.8 Å². The zero-order chi connectivity index (χ0) is 20.1. The number of anilines is 1. The van der Waals surface area contributed by atoms with Crippen molar-refractivity contribution in [2.75, 3.05) is 25.0 Å². The van der Waals surface area contributed by atoms with Crippen molar-refractivity contribution in [2.24, 2.45) is 5.92 Å². The molecule has 0 aromatic heterocycles. The monoisotopic (exact) mass is 402 g/mol. The Morgan fingerprint density at radius 3 is 2.68 bits per heavy atom. The SMILES string of the molecule is CCOc1cccc(NC(=O)[C@@H]2CCCN(S(=O)(=O)c3ccc(C)cc3)C2)c1. The molecule has 2 aromatic rings. The van der Waals surface area contributed by atoms with Gasteiger partial charge in [-0.25, -0.2) is 8.42 Å². The molecular formula is C21H26N2O4S. The van der Waals surface area contributed by atoms with Gasteiger partial charge in [0, 0.05) is 24.8 Å². The lowest BCUT2D eigenvalue weighted by atomic mass is 9.98. The van der Waals surface area contributed by atoms with Crippen molar-refractivity contribution in [1.82, 2.24) is 4.31 Å². The molecule has 150 valence electrons. The molecule has 0 unspecified atom stereocenters. The molecule has 0 bridgehead atoms. The summed E-state index contributed by atoms with van der Waals surface area (Å²) in [5.74, 6) is 0.134. The summed E-state index contributed by atoms with van der Waals surface area (Å²) in [6.45, 7) is 4.98. The third-order valence-corrected chi connectivity index (χ3v) is 6.71. The van der Waals surface area contributed by atoms with Gasteiger partial charge in [0.05, 0.1) is 17.4 Å². The topological polar surface area (TPSA) is 75.7 Å². The van der Waals surface area contributed by atoms with Crippen LogP contribution in [0.25, 0.3) is 0 Å². The molecule has 3 rings (SSSR count). The fourth-order valence-corrected chi connectivity index (χ4v) is 4.83. The van der Waals surface area contributed by atoms with Crippen molar-refractivity contribution in [3.8, 4) is 5.75 Å². The maximum absolute atomic E-state index is 12.9. The number of piperidine rings is 1. The Hall–Kier alpha value is -2.38. The van der Waals surface area contributed by atoms with Crippen LogP contribution in [0.5, 0.6) is 5.75 Å². The largest absolute Gasteiger partial charge is 0.494 e. The summed E-state index contributed by atoms with van der Waals surface area (Å²) in [6.07, 6.45) is 1.32. The Bertz CT molecular complexity index is 926. The Labute approximate surface area is 166 Å². The summed E-state index contributed by atoms with van der Waals surface area (Å²) in [4.78, 5) is 13.0. The number of nitrogens with one attached hydrogen (secondary N) is 1. The van der Waals surface area contributed by atoms with E-state index < -0.39 is 10.0 Å². The van der Waals surface area contributed by atoms with Gasteiger partial charge in [0.15, 0.2) is 0 Å². The molecule has 0 saturated carbocycles. The number of nitrogens with zero attached hydrogens (tertiary/aromatic N) is 1. The van der Waals surface area contributed by atoms with Crippen molar-refractivity contribution in [3.05, 3.63) is 54.1 Å². The van der Waals surface area contributed by atoms with Crippen LogP contribution in [0.3, 0.4) is 0 Å². The predicted octanol–water partition coefficient (Wildman–Crippen LogP) is 3.43. The molecule has 1 atom stereocenters. The molecule has 0 aliphatic carbocycles. The fourth-order valence-electron chi connectivity index (χ4n) is 3.31. The quantitative estimate of drug-likeness (QED) is 0.803. The standard InChI is InChI=1S/C21H26N2O4S/c1-3-27-19-8-4-7-18(14-19)22-21(24)17-6-5-13-23(15-17)28(25,26)20-11-9-16(2)10-12-20/h4,7-12,14,17H,3,5-6,13,15H2,1-2H3,(H,22,24)/t17-/m1/s1. The number of aryl methyl sites for hydroxylation is 1. The first-order valence-electron chi connectivity index (χ1n) is 9.50. The summed E-state index contributed by atoms with van der Waals surface area (Å²) in [5, 5.41) is 2.89. The third-order valence-electron chi connectivity index (χ3n) is 4.83. The highest BCUT2D eigenvalue weighted by Gasteiger charge is 2.33. The molecule has 1 heterocycles. The average molecular weight is 403 g/mol. The minimum atomic E-state index is -3.60. The molecule has 6 nitrogen and oxygen atoms in total. The first-order chi connectivity index (χ1) is 13.4. The zero-order valence-corrected chi connectivity index (χ0v) is 17.0. The first-order valence-corrected chi connectivity index (χ1v) is 10.9. The number of ether oxygens (including phenoxy) is 1. The summed E-state index contributed by atoms with van der Waals surface area (Å²) in [5.41, 5.74) is 1.65. The summed E-state index contributed by atoms with van der Waals surface area (Å²) < 4.78 is 32.7. The minimum absolute atomic E-state index is 0.169. The second-order valence-corrected chi connectivity index (χ2v) is 8.90. The first kappa shape index (κ1) is 20.4. The number of hydrogen-bond acceptors (Lipinski definition) is 4. The second-order valence-electron chi connectivity index (χ2n) is 6.97. The van der Waals surface area contributed by atoms with Gasteiger partial charge < -0.3 is 10.1 Å². The molecule has 0 radical (unpaired) electrons. The van der Waals surface area contributed by atoms with E-state index in [2.05, 4.69) is 5.32 Å². The maximum atomic E-state index is 12.9. The Kier molecular flexibility index (Phi) is 6.36. The van der Waals surface area contributed by atoms with Gasteiger partial charge >= 0.3 is 0 Å². The van der Waals surface area contributed by atoms with Gasteiger partial charge in [-0.1, -0.05) is 23.8 Å². The minimum Gasteiger partial charge on any atom is -0.494 e. The van der Waals surface area contributed by atoms with Crippen LogP contribution in [0.2, 0.25) is 0 Å². The van der Waals surface area contributed by atoms with Crippen molar-refractivity contribution in [1.29, 1.82) is 0 Å². The molecule has 2 aromatic carbocycles. The molecule has 0 spiro atoms. The number of benzene rings is 2. The second kappa shape index (κ2) is 8.75. The van der Waals surface area contributed by atoms with E-state index in [4.69, 9.17) is 4.74 Å². The third kappa shape index (κ3) is 4.72. The van der Waals surface area contributed by atoms with Gasteiger partial charge in [0.25, 0.3) is 0 Å². The molecule has 1 saturated heterocycles. The smallest absolute Gasteiger partial charge is 0.243 e. The number of carbonyl (C=O) groups is 1. The predicted molar refractivity (Wildman–Crippen MR) is 109 cm³/mol. The molecule has 1 fully saturated rings. The fraction of sp³-hybridized carbons (Fsp3) is 0.381. The number of carbonyl (C=O) groups excluding carboxylic acids is 1. The molecule has 1 amide bonds. The van der Waals surface area contributed by atoms with E-state index in [0.29, 0.717) is 37.4 Å². The lowest BCUT2D eigenvalue weighted by Gasteiger charge is -2.31. The number of sulfonamides is 1. The van der Waals surface area contributed by atoms with E-state index in [1.165, 1.54) is 4.31 Å². The number of rotatable bonds is 6. The van der Waals surface area contributed by atoms with Crippen LogP contribution in [0.1, 0.15) is 25.3 Å². The summed E-state index contributed by atoms with van der Waals surface area (Å²) in [7, 11) is -3.60. The van der Waals surface area contributed by atoms with Crippen molar-refractivity contribution >= 4 is 21.6 Å². The Balaban J connectivity index is 1.69. The lowest BCUT2D eigenvalue weighted by molar-refractivity contribution is -0.120. The van der Waals surface area contributed by atoms with Gasteiger partial charge in [-0.2, -0.15) is 4.31 Å². The summed E-state index contributed by atoms with van der Waals surface area (Å²) >= 11 is 0. The van der Waals surface area contributed by atoms with Gasteiger partial charge in [0.2, 0.25) is 15.9 Å². The van der Waals surface area contributed by atoms with Gasteiger partial charge in [-0.15, -0.1) is 0 Å². The van der Waals surface area contributed by atoms with Crippen LogP contribution < -0.4 is 10.1 Å². The molecule has 28 heavy (non-hydrogen) atoms. The normalized spacial score (nSPS) is 17.9. The highest BCUT2D eigenvalue weighted by Crippen LogP contribution is 2.25. The average Bonchev–Trinajstić information content (AvgIpc) is 2.69. The van der Waals surface area contributed by atoms with E-state index in [1.807, 2.05) is 26.0 Å². The van der Waals surface area contributed by atoms with E-state index in [9.17, 15) is 13.2 Å². The summed E-state index contributed by atoms with van der Waals surface area (Å²) in [6, 6.07) is 14.0. The van der Waals surface area contributed by atoms with Crippen molar-refractivity contribution < 1.29 is 17.9 Å². The van der Waals surface area contributed by atoms with E-state index in [-0.39, 0.29) is 23.3 Å². The molecular weight excluding hydrogens is 376 g/mol. The van der Waals surface area contributed by atoms with Crippen LogP contribution in [0.15, 0.2) is 53.4 Å². The van der Waals surface area contributed by atoms with Crippen LogP contribution in [-0.4, -0.2) is 38.3 Å². The zero-order valence-electron chi connectivity index (χ0n) is 16.2. The Morgan fingerprint density at radius 2 is 1.96 bits per heavy atom. The van der Waals surface area contributed by atoms with Gasteiger partial charge in [-0.3, -0.25) is 4.79 Å². The molecule has 1 aliphatic heterocycles. The van der Waals surface area contributed by atoms with E-state index in [0.717, 1.165) is 5.56 Å². The van der Waals surface area contributed by atoms with E-state index >= 15 is 0 Å². The van der Waals surface area contributed by atoms with Crippen LogP contribution in [0.4, 0.5) is 5.69 Å². The molecule has 7 heteroatoms. The van der Waals surface area contributed by atoms with Gasteiger partial charge in [-0.05, 0) is 51.0 Å². The van der Waals surface area contributed by atoms with Crippen molar-refractivity contribution in [3.63, 3.8) is 0 Å². The highest BCUT2D eigenvalue weighted by molar-refractivity contribution is 7.89. The highest BCUT2D eigenvalue weighted by atomic mass is 32.2. The Morgan fingerprint density at radius 1 is 1.21 bits per heavy atom. The van der Waals surface area contributed by atoms with E-state index in [1.54, 1.807) is 36.4 Å². The lowest BCUT2D eigenvalue weighted by Crippen LogP contribution is -2.43. The number of hydrogen-bond donors (Lipinski definition) is 1. The molecule has 1 N–H and O–H groups in total. The van der Waals surface area contributed by atoms with Gasteiger partial charge in [0.1, 0.15) is 5.75 Å². The molecule has 1 aliphatic rings. The van der Waals surface area contributed by atoms with Crippen molar-refractivity contribution in [2.45, 2.75) is 31.6 Å².